The number of rotatable bonds is 5. The fourth-order valence-electron chi connectivity index (χ4n) is 1.51. The van der Waals surface area contributed by atoms with E-state index in [0.717, 1.165) is 5.56 Å². The lowest BCUT2D eigenvalue weighted by Crippen LogP contribution is -2.33. The monoisotopic (exact) mass is 277 g/mol. The Morgan fingerprint density at radius 1 is 1.41 bits per heavy atom. The lowest BCUT2D eigenvalue weighted by Gasteiger charge is -2.20. The first kappa shape index (κ1) is 14.4. The van der Waals surface area contributed by atoms with Crippen molar-refractivity contribution in [3.8, 4) is 0 Å². The molecule has 1 N–H and O–H groups in total. The number of hydrogen-bond donors (Lipinski definition) is 1. The summed E-state index contributed by atoms with van der Waals surface area (Å²) in [6.45, 7) is 3.72. The van der Waals surface area contributed by atoms with Crippen LogP contribution in [0.1, 0.15) is 12.5 Å². The maximum Gasteiger partial charge on any atom is 0.244 e. The van der Waals surface area contributed by atoms with Crippen molar-refractivity contribution in [2.45, 2.75) is 18.7 Å². The first-order valence-electron chi connectivity index (χ1n) is 5.30. The van der Waals surface area contributed by atoms with E-state index in [1.54, 1.807) is 19.1 Å². The summed E-state index contributed by atoms with van der Waals surface area (Å²) in [5, 5.41) is 9.06. The zero-order chi connectivity index (χ0) is 13.1. The molecule has 1 aromatic carbocycles. The molecule has 0 amide bonds. The summed E-state index contributed by atoms with van der Waals surface area (Å²) in [7, 11) is -3.62. The molecular weight excluding hydrogens is 262 g/mol. The van der Waals surface area contributed by atoms with E-state index in [-0.39, 0.29) is 23.1 Å². The van der Waals surface area contributed by atoms with Gasteiger partial charge in [-0.15, -0.1) is 0 Å². The average molecular weight is 278 g/mol. The third-order valence-corrected chi connectivity index (χ3v) is 4.86. The van der Waals surface area contributed by atoms with Crippen LogP contribution in [0.25, 0.3) is 0 Å². The van der Waals surface area contributed by atoms with Gasteiger partial charge in [0.05, 0.1) is 11.6 Å². The summed E-state index contributed by atoms with van der Waals surface area (Å²) >= 11 is 5.95. The van der Waals surface area contributed by atoms with Crippen LogP contribution in [0.4, 0.5) is 0 Å². The molecule has 0 saturated heterocycles. The molecule has 0 bridgehead atoms. The van der Waals surface area contributed by atoms with Gasteiger partial charge in [-0.05, 0) is 24.6 Å². The Morgan fingerprint density at radius 2 is 2.06 bits per heavy atom. The number of benzene rings is 1. The number of halogens is 1. The van der Waals surface area contributed by atoms with Crippen molar-refractivity contribution in [3.63, 3.8) is 0 Å². The van der Waals surface area contributed by atoms with Crippen LogP contribution in [-0.2, 0) is 10.0 Å². The highest BCUT2D eigenvalue weighted by molar-refractivity contribution is 7.89. The number of hydrogen-bond acceptors (Lipinski definition) is 3. The van der Waals surface area contributed by atoms with Crippen LogP contribution in [0.15, 0.2) is 23.1 Å². The minimum Gasteiger partial charge on any atom is -0.395 e. The van der Waals surface area contributed by atoms with Gasteiger partial charge in [-0.3, -0.25) is 0 Å². The second-order valence-electron chi connectivity index (χ2n) is 3.65. The first-order chi connectivity index (χ1) is 7.93. The Hall–Kier alpha value is -0.620. The summed E-state index contributed by atoms with van der Waals surface area (Å²) < 4.78 is 25.6. The van der Waals surface area contributed by atoms with Gasteiger partial charge >= 0.3 is 0 Å². The van der Waals surface area contributed by atoms with Gasteiger partial charge in [0.25, 0.3) is 0 Å². The standard InChI is InChI=1S/C11H16ClNO3S/c1-3-13(6-7-14)17(15,16)11-5-4-9(2)8-10(11)12/h4-5,8,14H,3,6-7H2,1-2H3. The molecule has 0 atom stereocenters. The number of sulfonamides is 1. The van der Waals surface area contributed by atoms with E-state index in [9.17, 15) is 8.42 Å². The van der Waals surface area contributed by atoms with Gasteiger partial charge < -0.3 is 5.11 Å². The minimum absolute atomic E-state index is 0.0725. The molecular formula is C11H16ClNO3S. The van der Waals surface area contributed by atoms with Gasteiger partial charge in [-0.1, -0.05) is 24.6 Å². The third-order valence-electron chi connectivity index (χ3n) is 2.41. The van der Waals surface area contributed by atoms with E-state index in [1.807, 2.05) is 6.92 Å². The van der Waals surface area contributed by atoms with E-state index < -0.39 is 10.0 Å². The highest BCUT2D eigenvalue weighted by Crippen LogP contribution is 2.25. The molecule has 0 spiro atoms. The summed E-state index contributed by atoms with van der Waals surface area (Å²) in [6, 6.07) is 4.81. The highest BCUT2D eigenvalue weighted by Gasteiger charge is 2.24. The van der Waals surface area contributed by atoms with Gasteiger partial charge in [0.15, 0.2) is 0 Å². The number of aliphatic hydroxyl groups excluding tert-OH is 1. The maximum atomic E-state index is 12.2. The van der Waals surface area contributed by atoms with Crippen molar-refractivity contribution >= 4 is 21.6 Å². The molecule has 4 nitrogen and oxygen atoms in total. The molecule has 96 valence electrons. The van der Waals surface area contributed by atoms with E-state index in [1.165, 1.54) is 10.4 Å². The molecule has 1 aromatic rings. The SMILES string of the molecule is CCN(CCO)S(=O)(=O)c1ccc(C)cc1Cl. The third kappa shape index (κ3) is 3.19. The summed E-state index contributed by atoms with van der Waals surface area (Å²) in [4.78, 5) is 0.0834. The lowest BCUT2D eigenvalue weighted by atomic mass is 10.2. The lowest BCUT2D eigenvalue weighted by molar-refractivity contribution is 0.257. The normalized spacial score (nSPS) is 12.1. The molecule has 0 fully saturated rings. The van der Waals surface area contributed by atoms with Crippen molar-refractivity contribution in [2.75, 3.05) is 19.7 Å². The zero-order valence-corrected chi connectivity index (χ0v) is 11.4. The average Bonchev–Trinajstić information content (AvgIpc) is 2.24. The zero-order valence-electron chi connectivity index (χ0n) is 9.85. The van der Waals surface area contributed by atoms with Crippen molar-refractivity contribution < 1.29 is 13.5 Å². The summed E-state index contributed by atoms with van der Waals surface area (Å²) in [6.07, 6.45) is 0. The van der Waals surface area contributed by atoms with E-state index >= 15 is 0 Å². The Bertz CT molecular complexity index is 487. The Labute approximate surface area is 107 Å². The second kappa shape index (κ2) is 5.82. The van der Waals surface area contributed by atoms with Gasteiger partial charge in [-0.25, -0.2) is 8.42 Å². The van der Waals surface area contributed by atoms with Crippen LogP contribution in [0.3, 0.4) is 0 Å². The van der Waals surface area contributed by atoms with Crippen LogP contribution in [0, 0.1) is 6.92 Å². The molecule has 0 aliphatic heterocycles. The Balaban J connectivity index is 3.20. The van der Waals surface area contributed by atoms with Crippen LogP contribution in [0.2, 0.25) is 5.02 Å². The predicted octanol–water partition coefficient (Wildman–Crippen LogP) is 1.65. The number of likely N-dealkylation sites (N-methyl/N-ethyl adjacent to an activating group) is 1. The van der Waals surface area contributed by atoms with E-state index in [0.29, 0.717) is 6.54 Å². The first-order valence-corrected chi connectivity index (χ1v) is 7.12. The molecule has 6 heteroatoms. The fourth-order valence-corrected chi connectivity index (χ4v) is 3.53. The summed E-state index contributed by atoms with van der Waals surface area (Å²) in [5.74, 6) is 0. The number of aryl methyl sites for hydroxylation is 1. The molecule has 0 heterocycles. The Kier molecular flexibility index (Phi) is 4.94. The van der Waals surface area contributed by atoms with Crippen molar-refractivity contribution in [2.24, 2.45) is 0 Å². The van der Waals surface area contributed by atoms with E-state index in [4.69, 9.17) is 16.7 Å². The van der Waals surface area contributed by atoms with Crippen molar-refractivity contribution in [1.82, 2.24) is 4.31 Å². The largest absolute Gasteiger partial charge is 0.395 e. The molecule has 17 heavy (non-hydrogen) atoms. The van der Waals surface area contributed by atoms with Crippen LogP contribution < -0.4 is 0 Å². The van der Waals surface area contributed by atoms with Gasteiger partial charge in [0.1, 0.15) is 4.90 Å². The molecule has 1 rings (SSSR count). The highest BCUT2D eigenvalue weighted by atomic mass is 35.5. The van der Waals surface area contributed by atoms with Crippen LogP contribution in [0.5, 0.6) is 0 Å². The Morgan fingerprint density at radius 3 is 2.53 bits per heavy atom. The van der Waals surface area contributed by atoms with Crippen LogP contribution >= 0.6 is 11.6 Å². The molecule has 0 saturated carbocycles. The molecule has 0 aliphatic rings. The molecule has 0 aromatic heterocycles. The van der Waals surface area contributed by atoms with Gasteiger partial charge in [0.2, 0.25) is 10.0 Å². The minimum atomic E-state index is -3.62. The van der Waals surface area contributed by atoms with Crippen molar-refractivity contribution in [1.29, 1.82) is 0 Å². The second-order valence-corrected chi connectivity index (χ2v) is 5.97. The van der Waals surface area contributed by atoms with Gasteiger partial charge in [0, 0.05) is 13.1 Å². The maximum absolute atomic E-state index is 12.2. The predicted molar refractivity (Wildman–Crippen MR) is 67.7 cm³/mol. The van der Waals surface area contributed by atoms with Gasteiger partial charge in [-0.2, -0.15) is 4.31 Å². The molecule has 0 unspecified atom stereocenters. The molecule has 0 radical (unpaired) electrons. The van der Waals surface area contributed by atoms with E-state index in [2.05, 4.69) is 0 Å². The van der Waals surface area contributed by atoms with Crippen LogP contribution in [-0.4, -0.2) is 37.5 Å². The topological polar surface area (TPSA) is 57.6 Å². The molecule has 0 aliphatic carbocycles. The fraction of sp³-hybridized carbons (Fsp3) is 0.455. The summed E-state index contributed by atoms with van der Waals surface area (Å²) in [5.41, 5.74) is 0.902. The number of aliphatic hydroxyl groups is 1. The smallest absolute Gasteiger partial charge is 0.244 e. The number of nitrogens with zero attached hydrogens (tertiary/aromatic N) is 1. The quantitative estimate of drug-likeness (QED) is 0.890. The van der Waals surface area contributed by atoms with Crippen molar-refractivity contribution in [3.05, 3.63) is 28.8 Å².